The standard InChI is InChI=1S/C9H16N2O3/c1-2-14-9(13)6-11(5-8(10)12)7-3-4-7/h7H,2-6H2,1H3,(H2,10,12). The van der Waals surface area contributed by atoms with Crippen LogP contribution in [-0.4, -0.2) is 42.5 Å². The van der Waals surface area contributed by atoms with E-state index < -0.39 is 5.91 Å². The van der Waals surface area contributed by atoms with Crippen LogP contribution in [0.5, 0.6) is 0 Å². The predicted molar refractivity (Wildman–Crippen MR) is 50.4 cm³/mol. The van der Waals surface area contributed by atoms with Gasteiger partial charge in [0.2, 0.25) is 5.91 Å². The van der Waals surface area contributed by atoms with Crippen molar-refractivity contribution in [2.75, 3.05) is 19.7 Å². The normalized spacial score (nSPS) is 15.6. The number of nitrogens with two attached hydrogens (primary N) is 1. The lowest BCUT2D eigenvalue weighted by atomic mass is 10.4. The molecule has 5 heteroatoms. The SMILES string of the molecule is CCOC(=O)CN(CC(N)=O)C1CC1. The van der Waals surface area contributed by atoms with Gasteiger partial charge in [-0.15, -0.1) is 0 Å². The third-order valence-corrected chi connectivity index (χ3v) is 2.06. The van der Waals surface area contributed by atoms with Gasteiger partial charge in [0.1, 0.15) is 0 Å². The van der Waals surface area contributed by atoms with E-state index in [1.807, 2.05) is 0 Å². The van der Waals surface area contributed by atoms with E-state index in [0.29, 0.717) is 12.6 Å². The first-order valence-electron chi connectivity index (χ1n) is 4.81. The summed E-state index contributed by atoms with van der Waals surface area (Å²) in [5, 5.41) is 0. The number of amides is 1. The van der Waals surface area contributed by atoms with Crippen molar-refractivity contribution in [3.63, 3.8) is 0 Å². The molecule has 0 bridgehead atoms. The van der Waals surface area contributed by atoms with Gasteiger partial charge in [-0.1, -0.05) is 0 Å². The lowest BCUT2D eigenvalue weighted by Gasteiger charge is -2.18. The van der Waals surface area contributed by atoms with Gasteiger partial charge in [-0.05, 0) is 19.8 Å². The maximum absolute atomic E-state index is 11.2. The van der Waals surface area contributed by atoms with Gasteiger partial charge in [0.05, 0.1) is 19.7 Å². The molecule has 0 spiro atoms. The third-order valence-electron chi connectivity index (χ3n) is 2.06. The molecule has 1 fully saturated rings. The first-order valence-corrected chi connectivity index (χ1v) is 4.81. The Morgan fingerprint density at radius 2 is 2.07 bits per heavy atom. The van der Waals surface area contributed by atoms with Crippen LogP contribution >= 0.6 is 0 Å². The van der Waals surface area contributed by atoms with Gasteiger partial charge in [-0.3, -0.25) is 14.5 Å². The van der Waals surface area contributed by atoms with Crippen molar-refractivity contribution < 1.29 is 14.3 Å². The highest BCUT2D eigenvalue weighted by atomic mass is 16.5. The van der Waals surface area contributed by atoms with Crippen LogP contribution in [0.2, 0.25) is 0 Å². The fourth-order valence-corrected chi connectivity index (χ4v) is 1.33. The molecule has 0 aromatic carbocycles. The van der Waals surface area contributed by atoms with E-state index in [4.69, 9.17) is 10.5 Å². The van der Waals surface area contributed by atoms with Gasteiger partial charge < -0.3 is 10.5 Å². The lowest BCUT2D eigenvalue weighted by molar-refractivity contribution is -0.144. The van der Waals surface area contributed by atoms with Crippen molar-refractivity contribution in [2.45, 2.75) is 25.8 Å². The average Bonchev–Trinajstić information content (AvgIpc) is 2.84. The molecule has 2 N–H and O–H groups in total. The zero-order chi connectivity index (χ0) is 10.6. The number of hydrogen-bond acceptors (Lipinski definition) is 4. The zero-order valence-electron chi connectivity index (χ0n) is 8.36. The van der Waals surface area contributed by atoms with Gasteiger partial charge in [0.25, 0.3) is 0 Å². The van der Waals surface area contributed by atoms with E-state index in [9.17, 15) is 9.59 Å². The van der Waals surface area contributed by atoms with Crippen molar-refractivity contribution in [1.29, 1.82) is 0 Å². The van der Waals surface area contributed by atoms with E-state index in [-0.39, 0.29) is 19.1 Å². The Kier molecular flexibility index (Phi) is 3.88. The van der Waals surface area contributed by atoms with Crippen LogP contribution in [0.25, 0.3) is 0 Å². The van der Waals surface area contributed by atoms with Gasteiger partial charge in [-0.2, -0.15) is 0 Å². The van der Waals surface area contributed by atoms with Gasteiger partial charge in [0.15, 0.2) is 0 Å². The highest BCUT2D eigenvalue weighted by Gasteiger charge is 2.31. The molecular weight excluding hydrogens is 184 g/mol. The molecule has 0 aliphatic heterocycles. The number of primary amides is 1. The minimum Gasteiger partial charge on any atom is -0.465 e. The van der Waals surface area contributed by atoms with E-state index in [0.717, 1.165) is 12.8 Å². The average molecular weight is 200 g/mol. The fourth-order valence-electron chi connectivity index (χ4n) is 1.33. The molecule has 1 aliphatic rings. The smallest absolute Gasteiger partial charge is 0.320 e. The summed E-state index contributed by atoms with van der Waals surface area (Å²) >= 11 is 0. The Balaban J connectivity index is 2.34. The summed E-state index contributed by atoms with van der Waals surface area (Å²) in [5.74, 6) is -0.693. The molecule has 1 aliphatic carbocycles. The largest absolute Gasteiger partial charge is 0.465 e. The molecule has 0 unspecified atom stereocenters. The summed E-state index contributed by atoms with van der Waals surface area (Å²) in [6, 6.07) is 0.340. The quantitative estimate of drug-likeness (QED) is 0.587. The van der Waals surface area contributed by atoms with Crippen molar-refractivity contribution in [1.82, 2.24) is 4.90 Å². The van der Waals surface area contributed by atoms with Crippen LogP contribution in [-0.2, 0) is 14.3 Å². The number of carbonyl (C=O) groups is 2. The van der Waals surface area contributed by atoms with Gasteiger partial charge in [-0.25, -0.2) is 0 Å². The summed E-state index contributed by atoms with van der Waals surface area (Å²) in [6.45, 7) is 2.44. The number of esters is 1. The minimum atomic E-state index is -0.402. The van der Waals surface area contributed by atoms with Gasteiger partial charge in [0, 0.05) is 6.04 Å². The molecule has 1 amide bonds. The molecule has 0 radical (unpaired) electrons. The van der Waals surface area contributed by atoms with Crippen LogP contribution in [0.1, 0.15) is 19.8 Å². The number of hydrogen-bond donors (Lipinski definition) is 1. The van der Waals surface area contributed by atoms with Gasteiger partial charge >= 0.3 is 5.97 Å². The van der Waals surface area contributed by atoms with Crippen molar-refractivity contribution in [3.05, 3.63) is 0 Å². The molecule has 1 saturated carbocycles. The number of rotatable bonds is 6. The molecular formula is C9H16N2O3. The first-order chi connectivity index (χ1) is 6.63. The number of carbonyl (C=O) groups excluding carboxylic acids is 2. The molecule has 80 valence electrons. The summed E-state index contributed by atoms with van der Waals surface area (Å²) in [4.78, 5) is 23.6. The molecule has 5 nitrogen and oxygen atoms in total. The van der Waals surface area contributed by atoms with Crippen LogP contribution in [0.3, 0.4) is 0 Å². The highest BCUT2D eigenvalue weighted by molar-refractivity contribution is 5.77. The topological polar surface area (TPSA) is 72.6 Å². The zero-order valence-corrected chi connectivity index (χ0v) is 8.36. The Hall–Kier alpha value is -1.10. The second-order valence-corrected chi connectivity index (χ2v) is 3.41. The van der Waals surface area contributed by atoms with Crippen LogP contribution in [0.4, 0.5) is 0 Å². The van der Waals surface area contributed by atoms with E-state index in [2.05, 4.69) is 0 Å². The Morgan fingerprint density at radius 1 is 1.43 bits per heavy atom. The summed E-state index contributed by atoms with van der Waals surface area (Å²) < 4.78 is 4.80. The second-order valence-electron chi connectivity index (χ2n) is 3.41. The maximum Gasteiger partial charge on any atom is 0.320 e. The summed E-state index contributed by atoms with van der Waals surface area (Å²) in [5.41, 5.74) is 5.08. The fraction of sp³-hybridized carbons (Fsp3) is 0.778. The van der Waals surface area contributed by atoms with E-state index in [1.54, 1.807) is 11.8 Å². The Morgan fingerprint density at radius 3 is 2.50 bits per heavy atom. The monoisotopic (exact) mass is 200 g/mol. The van der Waals surface area contributed by atoms with Crippen LogP contribution < -0.4 is 5.73 Å². The Labute approximate surface area is 83.2 Å². The van der Waals surface area contributed by atoms with E-state index in [1.165, 1.54) is 0 Å². The summed E-state index contributed by atoms with van der Waals surface area (Å²) in [6.07, 6.45) is 2.07. The van der Waals surface area contributed by atoms with Crippen LogP contribution in [0.15, 0.2) is 0 Å². The number of nitrogens with zero attached hydrogens (tertiary/aromatic N) is 1. The van der Waals surface area contributed by atoms with Crippen molar-refractivity contribution >= 4 is 11.9 Å². The highest BCUT2D eigenvalue weighted by Crippen LogP contribution is 2.26. The maximum atomic E-state index is 11.2. The Bertz CT molecular complexity index is 226. The lowest BCUT2D eigenvalue weighted by Crippen LogP contribution is -2.39. The summed E-state index contributed by atoms with van der Waals surface area (Å²) in [7, 11) is 0. The van der Waals surface area contributed by atoms with Crippen molar-refractivity contribution in [2.24, 2.45) is 5.73 Å². The molecule has 0 atom stereocenters. The molecule has 0 saturated heterocycles. The van der Waals surface area contributed by atoms with E-state index >= 15 is 0 Å². The number of ether oxygens (including phenoxy) is 1. The van der Waals surface area contributed by atoms with Crippen molar-refractivity contribution in [3.8, 4) is 0 Å². The molecule has 1 rings (SSSR count). The molecule has 0 aromatic heterocycles. The first kappa shape index (κ1) is 11.0. The molecule has 0 aromatic rings. The minimum absolute atomic E-state index is 0.142. The molecule has 14 heavy (non-hydrogen) atoms. The third kappa shape index (κ3) is 3.74. The predicted octanol–water partition coefficient (Wildman–Crippen LogP) is -0.501. The molecule has 0 heterocycles. The second kappa shape index (κ2) is 4.95. The van der Waals surface area contributed by atoms with Crippen LogP contribution in [0, 0.1) is 0 Å².